The van der Waals surface area contributed by atoms with Gasteiger partial charge in [-0.1, -0.05) is 30.3 Å². The average Bonchev–Trinajstić information content (AvgIpc) is 2.88. The molecule has 2 aromatic carbocycles. The number of carboxylic acid groups (broad SMARTS) is 1. The van der Waals surface area contributed by atoms with Crippen LogP contribution in [0.4, 0.5) is 0 Å². The van der Waals surface area contributed by atoms with Crippen LogP contribution in [0.3, 0.4) is 0 Å². The van der Waals surface area contributed by atoms with Gasteiger partial charge in [0.05, 0.1) is 13.0 Å². The van der Waals surface area contributed by atoms with Crippen LogP contribution in [0.15, 0.2) is 54.7 Å². The summed E-state index contributed by atoms with van der Waals surface area (Å²) in [6.07, 6.45) is 6.54. The summed E-state index contributed by atoms with van der Waals surface area (Å²) in [4.78, 5) is 31.5. The first-order valence-corrected chi connectivity index (χ1v) is 12.8. The molecule has 5 aliphatic heterocycles. The van der Waals surface area contributed by atoms with E-state index < -0.39 is 5.97 Å². The highest BCUT2D eigenvalue weighted by Crippen LogP contribution is 2.34. The lowest BCUT2D eigenvalue weighted by Gasteiger charge is -2.30. The Labute approximate surface area is 211 Å². The first-order chi connectivity index (χ1) is 17.5. The van der Waals surface area contributed by atoms with Crippen molar-refractivity contribution in [3.8, 4) is 5.88 Å². The number of aliphatic carboxylic acids is 1. The highest BCUT2D eigenvalue weighted by atomic mass is 16.5. The van der Waals surface area contributed by atoms with Crippen LogP contribution >= 0.6 is 0 Å². The van der Waals surface area contributed by atoms with E-state index in [9.17, 15) is 14.7 Å². The summed E-state index contributed by atoms with van der Waals surface area (Å²) in [7, 11) is 0. The molecule has 0 saturated carbocycles. The quantitative estimate of drug-likeness (QED) is 0.534. The van der Waals surface area contributed by atoms with E-state index in [2.05, 4.69) is 29.2 Å². The molecule has 7 bridgehead atoms. The number of pyridine rings is 1. The summed E-state index contributed by atoms with van der Waals surface area (Å²) in [6, 6.07) is 16.1. The van der Waals surface area contributed by atoms with E-state index in [-0.39, 0.29) is 18.2 Å². The second-order valence-electron chi connectivity index (χ2n) is 9.89. The van der Waals surface area contributed by atoms with Gasteiger partial charge in [-0.05, 0) is 84.5 Å². The average molecular weight is 485 g/mol. The Bertz CT molecular complexity index is 1270. The fourth-order valence-corrected chi connectivity index (χ4v) is 5.31. The third-order valence-electron chi connectivity index (χ3n) is 7.37. The zero-order chi connectivity index (χ0) is 25.1. The van der Waals surface area contributed by atoms with Gasteiger partial charge in [0, 0.05) is 36.8 Å². The van der Waals surface area contributed by atoms with Crippen molar-refractivity contribution in [3.63, 3.8) is 0 Å². The monoisotopic (exact) mass is 484 g/mol. The number of ether oxygens (including phenoxy) is 1. The number of carboxylic acids is 1. The summed E-state index contributed by atoms with van der Waals surface area (Å²) in [6.45, 7) is 3.78. The first-order valence-electron chi connectivity index (χ1n) is 12.8. The molecule has 0 radical (unpaired) electrons. The van der Waals surface area contributed by atoms with E-state index in [1.807, 2.05) is 36.1 Å². The minimum atomic E-state index is -0.858. The van der Waals surface area contributed by atoms with Gasteiger partial charge in [-0.25, -0.2) is 4.98 Å². The van der Waals surface area contributed by atoms with Crippen LogP contribution in [-0.4, -0.2) is 40.0 Å². The molecule has 0 aliphatic carbocycles. The van der Waals surface area contributed by atoms with Gasteiger partial charge in [-0.3, -0.25) is 9.59 Å². The van der Waals surface area contributed by atoms with Crippen LogP contribution in [0.1, 0.15) is 75.3 Å². The minimum absolute atomic E-state index is 0.0312. The Balaban J connectivity index is 1.52. The van der Waals surface area contributed by atoms with Crippen LogP contribution in [-0.2, 0) is 24.2 Å². The Morgan fingerprint density at radius 1 is 1.06 bits per heavy atom. The lowest BCUT2D eigenvalue weighted by atomic mass is 9.84. The van der Waals surface area contributed by atoms with Gasteiger partial charge in [0.15, 0.2) is 0 Å². The molecule has 6 heteroatoms. The first kappa shape index (κ1) is 24.0. The number of carbonyl (C=O) groups is 2. The lowest BCUT2D eigenvalue weighted by molar-refractivity contribution is -0.137. The van der Waals surface area contributed by atoms with Gasteiger partial charge < -0.3 is 14.7 Å². The SMILES string of the molecule is Cc1cc2ncc1C(CC(=O)O)c1ccc3c(c1)CN(CC3)C(=O)c1ccc(cc1)CCCCCO2. The van der Waals surface area contributed by atoms with Crippen molar-refractivity contribution in [2.24, 2.45) is 0 Å². The van der Waals surface area contributed by atoms with Crippen molar-refractivity contribution in [1.82, 2.24) is 9.88 Å². The minimum Gasteiger partial charge on any atom is -0.481 e. The summed E-state index contributed by atoms with van der Waals surface area (Å²) in [5.74, 6) is -0.574. The molecule has 3 aromatic rings. The molecule has 36 heavy (non-hydrogen) atoms. The number of aryl methyl sites for hydroxylation is 2. The number of amides is 1. The summed E-state index contributed by atoms with van der Waals surface area (Å²) >= 11 is 0. The third kappa shape index (κ3) is 5.27. The normalized spacial score (nSPS) is 18.1. The number of aromatic nitrogens is 1. The predicted octanol–water partition coefficient (Wildman–Crippen LogP) is 5.30. The van der Waals surface area contributed by atoms with Gasteiger partial charge >= 0.3 is 5.97 Å². The van der Waals surface area contributed by atoms with E-state index in [0.29, 0.717) is 31.1 Å². The fourth-order valence-electron chi connectivity index (χ4n) is 5.31. The summed E-state index contributed by atoms with van der Waals surface area (Å²) < 4.78 is 5.90. The molecule has 0 spiro atoms. The smallest absolute Gasteiger partial charge is 0.304 e. The van der Waals surface area contributed by atoms with Gasteiger partial charge in [0.1, 0.15) is 0 Å². The van der Waals surface area contributed by atoms with Crippen molar-refractivity contribution in [2.45, 2.75) is 57.9 Å². The van der Waals surface area contributed by atoms with Crippen molar-refractivity contribution in [3.05, 3.63) is 93.7 Å². The molecule has 1 N–H and O–H groups in total. The molecule has 0 saturated heterocycles. The van der Waals surface area contributed by atoms with E-state index >= 15 is 0 Å². The number of carbonyl (C=O) groups excluding carboxylic acids is 1. The molecule has 1 atom stereocenters. The van der Waals surface area contributed by atoms with Gasteiger partial charge in [0.25, 0.3) is 5.91 Å². The van der Waals surface area contributed by atoms with Crippen molar-refractivity contribution in [2.75, 3.05) is 13.2 Å². The lowest BCUT2D eigenvalue weighted by Crippen LogP contribution is -2.36. The van der Waals surface area contributed by atoms with E-state index in [1.54, 1.807) is 6.20 Å². The number of hydrogen-bond donors (Lipinski definition) is 1. The van der Waals surface area contributed by atoms with Crippen LogP contribution < -0.4 is 4.74 Å². The highest BCUT2D eigenvalue weighted by molar-refractivity contribution is 5.94. The second kappa shape index (κ2) is 10.5. The number of hydrogen-bond acceptors (Lipinski definition) is 4. The van der Waals surface area contributed by atoms with E-state index in [1.165, 1.54) is 11.1 Å². The van der Waals surface area contributed by atoms with E-state index in [0.717, 1.165) is 54.4 Å². The van der Waals surface area contributed by atoms with Gasteiger partial charge in [-0.2, -0.15) is 0 Å². The largest absolute Gasteiger partial charge is 0.481 e. The topological polar surface area (TPSA) is 79.7 Å². The molecule has 6 nitrogen and oxygen atoms in total. The Hall–Kier alpha value is -3.67. The Morgan fingerprint density at radius 3 is 2.67 bits per heavy atom. The van der Waals surface area contributed by atoms with Crippen molar-refractivity contribution >= 4 is 11.9 Å². The molecular formula is C30H32N2O4. The highest BCUT2D eigenvalue weighted by Gasteiger charge is 2.25. The zero-order valence-corrected chi connectivity index (χ0v) is 20.7. The van der Waals surface area contributed by atoms with Crippen LogP contribution in [0, 0.1) is 6.92 Å². The molecule has 8 rings (SSSR count). The standard InChI is InChI=1S/C30H32N2O4/c1-20-15-28-31-18-27(20)26(17-29(33)34)24-11-10-22-12-13-32(19-25(22)16-24)30(35)23-8-6-21(7-9-23)5-3-2-4-14-36-28/h6-11,15-16,18,26H,2-5,12-14,17,19H2,1H3,(H,33,34). The van der Waals surface area contributed by atoms with Crippen LogP contribution in [0.2, 0.25) is 0 Å². The fraction of sp³-hybridized carbons (Fsp3) is 0.367. The van der Waals surface area contributed by atoms with Crippen molar-refractivity contribution < 1.29 is 19.4 Å². The molecule has 5 aliphatic rings. The number of benzene rings is 2. The maximum atomic E-state index is 13.3. The molecule has 1 aromatic heterocycles. The molecular weight excluding hydrogens is 452 g/mol. The third-order valence-corrected chi connectivity index (χ3v) is 7.37. The maximum absolute atomic E-state index is 13.3. The predicted molar refractivity (Wildman–Crippen MR) is 137 cm³/mol. The van der Waals surface area contributed by atoms with Gasteiger partial charge in [0.2, 0.25) is 5.88 Å². The molecule has 1 unspecified atom stereocenters. The van der Waals surface area contributed by atoms with Crippen molar-refractivity contribution in [1.29, 1.82) is 0 Å². The van der Waals surface area contributed by atoms with Crippen LogP contribution in [0.5, 0.6) is 5.88 Å². The summed E-state index contributed by atoms with van der Waals surface area (Å²) in [5.41, 5.74) is 7.03. The molecule has 186 valence electrons. The van der Waals surface area contributed by atoms with Crippen LogP contribution in [0.25, 0.3) is 0 Å². The maximum Gasteiger partial charge on any atom is 0.304 e. The number of nitrogens with zero attached hydrogens (tertiary/aromatic N) is 2. The van der Waals surface area contributed by atoms with E-state index in [4.69, 9.17) is 4.74 Å². The van der Waals surface area contributed by atoms with Gasteiger partial charge in [-0.15, -0.1) is 0 Å². The Kier molecular flexibility index (Phi) is 7.03. The summed E-state index contributed by atoms with van der Waals surface area (Å²) in [5, 5.41) is 9.70. The number of rotatable bonds is 2. The molecule has 6 heterocycles. The molecule has 1 amide bonds. The zero-order valence-electron chi connectivity index (χ0n) is 20.7. The molecule has 0 fully saturated rings. The second-order valence-corrected chi connectivity index (χ2v) is 9.89. The Morgan fingerprint density at radius 2 is 1.89 bits per heavy atom.